The van der Waals surface area contributed by atoms with Crippen molar-refractivity contribution in [3.63, 3.8) is 0 Å². The first-order valence-electron chi connectivity index (χ1n) is 8.94. The molecule has 1 aromatic heterocycles. The van der Waals surface area contributed by atoms with Crippen LogP contribution in [0, 0.1) is 5.92 Å². The van der Waals surface area contributed by atoms with Crippen molar-refractivity contribution < 1.29 is 9.47 Å². The van der Waals surface area contributed by atoms with E-state index in [-0.39, 0.29) is 18.4 Å². The minimum Gasteiger partial charge on any atom is -0.486 e. The fraction of sp³-hybridized carbons (Fsp3) is 0.500. The maximum atomic E-state index is 5.71. The third-order valence-electron chi connectivity index (χ3n) is 4.75. The number of fused-ring (bicyclic) bond motifs is 1. The first kappa shape index (κ1) is 19.0. The molecule has 2 atom stereocenters. The molecule has 2 unspecified atom stereocenters. The zero-order chi connectivity index (χ0) is 16.9. The normalized spacial score (nSPS) is 21.4. The summed E-state index contributed by atoms with van der Waals surface area (Å²) in [6, 6.07) is 6.52. The van der Waals surface area contributed by atoms with Crippen molar-refractivity contribution in [1.29, 1.82) is 0 Å². The van der Waals surface area contributed by atoms with Gasteiger partial charge in [-0.25, -0.2) is 10.4 Å². The van der Waals surface area contributed by atoms with Crippen molar-refractivity contribution in [2.75, 3.05) is 32.8 Å². The summed E-state index contributed by atoms with van der Waals surface area (Å²) in [4.78, 5) is 4.07. The van der Waals surface area contributed by atoms with E-state index >= 15 is 0 Å². The number of aryl methyl sites for hydroxylation is 1. The Kier molecular flexibility index (Phi) is 6.73. The van der Waals surface area contributed by atoms with Crippen LogP contribution in [-0.4, -0.2) is 42.4 Å². The topological polar surface area (TPSA) is 72.4 Å². The van der Waals surface area contributed by atoms with Crippen LogP contribution in [0.3, 0.4) is 0 Å². The summed E-state index contributed by atoms with van der Waals surface area (Å²) in [6.45, 7) is 5.18. The van der Waals surface area contributed by atoms with Crippen LogP contribution in [0.4, 0.5) is 0 Å². The van der Waals surface area contributed by atoms with Gasteiger partial charge in [-0.2, -0.15) is 0 Å². The van der Waals surface area contributed by atoms with Crippen LogP contribution in [0.25, 0.3) is 0 Å². The number of benzene rings is 1. The van der Waals surface area contributed by atoms with Crippen molar-refractivity contribution in [3.8, 4) is 11.5 Å². The molecule has 1 aromatic carbocycles. The number of halogens is 1. The zero-order valence-corrected chi connectivity index (χ0v) is 15.5. The number of hydrazine groups is 1. The van der Waals surface area contributed by atoms with Crippen molar-refractivity contribution in [2.45, 2.75) is 19.0 Å². The van der Waals surface area contributed by atoms with E-state index in [1.54, 1.807) is 0 Å². The van der Waals surface area contributed by atoms with E-state index in [0.29, 0.717) is 19.1 Å². The SMILES string of the molecule is Cl.c1cn(CCCNCC2CNNC2c2ccc3c(c2)OCCO3)cn1. The Morgan fingerprint density at radius 3 is 2.96 bits per heavy atom. The molecule has 0 bridgehead atoms. The number of nitrogens with zero attached hydrogens (tertiary/aromatic N) is 2. The molecule has 2 aliphatic heterocycles. The van der Waals surface area contributed by atoms with Gasteiger partial charge in [-0.3, -0.25) is 5.43 Å². The molecular weight excluding hydrogens is 354 g/mol. The molecule has 3 heterocycles. The van der Waals surface area contributed by atoms with Gasteiger partial charge in [0, 0.05) is 37.9 Å². The zero-order valence-electron chi connectivity index (χ0n) is 14.7. The minimum atomic E-state index is 0. The number of nitrogens with one attached hydrogen (secondary N) is 3. The molecule has 0 radical (unpaired) electrons. The summed E-state index contributed by atoms with van der Waals surface area (Å²) >= 11 is 0. The van der Waals surface area contributed by atoms with Gasteiger partial charge in [0.25, 0.3) is 0 Å². The standard InChI is InChI=1S/C18H25N5O2.ClH/c1(6-23-7-5-20-13-23)4-19-11-15-12-21-22-18(15)14-2-3-16-17(10-14)25-9-8-24-16;/h2-3,5,7,10,13,15,18-19,21-22H,1,4,6,8-9,11-12H2;1H. The van der Waals surface area contributed by atoms with Crippen molar-refractivity contribution >= 4 is 12.4 Å². The number of aromatic nitrogens is 2. The summed E-state index contributed by atoms with van der Waals surface area (Å²) in [5.74, 6) is 2.19. The molecule has 2 aliphatic rings. The van der Waals surface area contributed by atoms with Crippen molar-refractivity contribution in [3.05, 3.63) is 42.5 Å². The first-order chi connectivity index (χ1) is 12.4. The van der Waals surface area contributed by atoms with Gasteiger partial charge in [0.1, 0.15) is 13.2 Å². The number of rotatable bonds is 7. The summed E-state index contributed by atoms with van der Waals surface area (Å²) in [6.07, 6.45) is 6.78. The molecule has 26 heavy (non-hydrogen) atoms. The van der Waals surface area contributed by atoms with Crippen LogP contribution in [-0.2, 0) is 6.54 Å². The van der Waals surface area contributed by atoms with E-state index < -0.39 is 0 Å². The molecule has 2 aromatic rings. The van der Waals surface area contributed by atoms with Crippen LogP contribution in [0.5, 0.6) is 11.5 Å². The van der Waals surface area contributed by atoms with Gasteiger partial charge in [-0.1, -0.05) is 6.07 Å². The van der Waals surface area contributed by atoms with Crippen LogP contribution in [0.15, 0.2) is 36.9 Å². The summed E-state index contributed by atoms with van der Waals surface area (Å²) < 4.78 is 13.4. The molecule has 0 amide bonds. The van der Waals surface area contributed by atoms with Crippen LogP contribution in [0.2, 0.25) is 0 Å². The molecule has 3 N–H and O–H groups in total. The highest BCUT2D eigenvalue weighted by Gasteiger charge is 2.28. The van der Waals surface area contributed by atoms with E-state index in [4.69, 9.17) is 9.47 Å². The molecule has 8 heteroatoms. The average Bonchev–Trinajstić information content (AvgIpc) is 3.33. The Morgan fingerprint density at radius 2 is 2.12 bits per heavy atom. The first-order valence-corrected chi connectivity index (χ1v) is 8.94. The summed E-state index contributed by atoms with van der Waals surface area (Å²) in [7, 11) is 0. The van der Waals surface area contributed by atoms with Gasteiger partial charge in [0.05, 0.1) is 12.4 Å². The second kappa shape index (κ2) is 9.23. The molecule has 0 spiro atoms. The second-order valence-corrected chi connectivity index (χ2v) is 6.52. The highest BCUT2D eigenvalue weighted by atomic mass is 35.5. The lowest BCUT2D eigenvalue weighted by Crippen LogP contribution is -2.29. The third kappa shape index (κ3) is 4.48. The average molecular weight is 380 g/mol. The largest absolute Gasteiger partial charge is 0.486 e. The lowest BCUT2D eigenvalue weighted by molar-refractivity contribution is 0.171. The van der Waals surface area contributed by atoms with Gasteiger partial charge in [0.2, 0.25) is 0 Å². The quantitative estimate of drug-likeness (QED) is 0.633. The van der Waals surface area contributed by atoms with E-state index in [9.17, 15) is 0 Å². The Bertz CT molecular complexity index is 682. The maximum absolute atomic E-state index is 5.71. The van der Waals surface area contributed by atoms with E-state index in [2.05, 4.69) is 37.9 Å². The van der Waals surface area contributed by atoms with Gasteiger partial charge in [0.15, 0.2) is 11.5 Å². The third-order valence-corrected chi connectivity index (χ3v) is 4.75. The molecule has 7 nitrogen and oxygen atoms in total. The van der Waals surface area contributed by atoms with E-state index in [1.807, 2.05) is 24.8 Å². The molecule has 1 fully saturated rings. The highest BCUT2D eigenvalue weighted by molar-refractivity contribution is 5.85. The summed E-state index contributed by atoms with van der Waals surface area (Å²) in [5, 5.41) is 3.58. The number of ether oxygens (including phenoxy) is 2. The molecule has 142 valence electrons. The fourth-order valence-electron chi connectivity index (χ4n) is 3.43. The lowest BCUT2D eigenvalue weighted by atomic mass is 9.94. The van der Waals surface area contributed by atoms with Gasteiger partial charge >= 0.3 is 0 Å². The van der Waals surface area contributed by atoms with Gasteiger partial charge in [-0.15, -0.1) is 12.4 Å². The smallest absolute Gasteiger partial charge is 0.161 e. The predicted octanol–water partition coefficient (Wildman–Crippen LogP) is 1.52. The number of imidazole rings is 1. The molecule has 4 rings (SSSR count). The van der Waals surface area contributed by atoms with Crippen LogP contribution < -0.4 is 25.6 Å². The molecular formula is C18H26ClN5O2. The monoisotopic (exact) mass is 379 g/mol. The maximum Gasteiger partial charge on any atom is 0.161 e. The van der Waals surface area contributed by atoms with E-state index in [1.165, 1.54) is 5.56 Å². The molecule has 0 aliphatic carbocycles. The van der Waals surface area contributed by atoms with Crippen molar-refractivity contribution in [2.24, 2.45) is 5.92 Å². The second-order valence-electron chi connectivity index (χ2n) is 6.52. The minimum absolute atomic E-state index is 0. The van der Waals surface area contributed by atoms with Gasteiger partial charge < -0.3 is 19.4 Å². The Balaban J connectivity index is 0.00000196. The fourth-order valence-corrected chi connectivity index (χ4v) is 3.43. The van der Waals surface area contributed by atoms with E-state index in [0.717, 1.165) is 44.1 Å². The lowest BCUT2D eigenvalue weighted by Gasteiger charge is -2.23. The molecule has 0 saturated carbocycles. The Labute approximate surface area is 159 Å². The van der Waals surface area contributed by atoms with Crippen LogP contribution in [0.1, 0.15) is 18.0 Å². The number of hydrogen-bond acceptors (Lipinski definition) is 6. The van der Waals surface area contributed by atoms with Crippen LogP contribution >= 0.6 is 12.4 Å². The van der Waals surface area contributed by atoms with Crippen molar-refractivity contribution in [1.82, 2.24) is 25.7 Å². The predicted molar refractivity (Wildman–Crippen MR) is 102 cm³/mol. The Hall–Kier alpha value is -1.80. The highest BCUT2D eigenvalue weighted by Crippen LogP contribution is 2.35. The number of hydrogen-bond donors (Lipinski definition) is 3. The molecule has 1 saturated heterocycles. The summed E-state index contributed by atoms with van der Waals surface area (Å²) in [5.41, 5.74) is 7.92. The van der Waals surface area contributed by atoms with Gasteiger partial charge in [-0.05, 0) is 30.7 Å². The Morgan fingerprint density at radius 1 is 1.23 bits per heavy atom.